The van der Waals surface area contributed by atoms with Crippen LogP contribution in [0.3, 0.4) is 0 Å². The summed E-state index contributed by atoms with van der Waals surface area (Å²) in [4.78, 5) is 11.4. The van der Waals surface area contributed by atoms with Gasteiger partial charge in [-0.1, -0.05) is 19.8 Å². The second-order valence-electron chi connectivity index (χ2n) is 3.80. The molecule has 1 amide bonds. The summed E-state index contributed by atoms with van der Waals surface area (Å²) in [6.45, 7) is 2.97. The first kappa shape index (κ1) is 14.3. The second kappa shape index (κ2) is 8.33. The Labute approximate surface area is 116 Å². The van der Waals surface area contributed by atoms with Crippen molar-refractivity contribution in [2.45, 2.75) is 26.2 Å². The standard InChI is InChI=1S/C13H18INO2/c1-2-3-4-9-15-13(16)10-17-12-7-5-11(14)6-8-12/h5-8H,2-4,9-10H2,1H3,(H,15,16). The van der Waals surface area contributed by atoms with E-state index in [4.69, 9.17) is 4.74 Å². The Balaban J connectivity index is 2.17. The van der Waals surface area contributed by atoms with E-state index in [0.717, 1.165) is 35.1 Å². The third-order valence-electron chi connectivity index (χ3n) is 2.29. The average molecular weight is 347 g/mol. The number of rotatable bonds is 7. The van der Waals surface area contributed by atoms with Gasteiger partial charge in [0.15, 0.2) is 6.61 Å². The number of carbonyl (C=O) groups is 1. The van der Waals surface area contributed by atoms with Gasteiger partial charge < -0.3 is 10.1 Å². The molecule has 0 atom stereocenters. The average Bonchev–Trinajstić information content (AvgIpc) is 2.34. The van der Waals surface area contributed by atoms with Crippen molar-refractivity contribution in [3.8, 4) is 5.75 Å². The van der Waals surface area contributed by atoms with E-state index in [0.29, 0.717) is 0 Å². The summed E-state index contributed by atoms with van der Waals surface area (Å²) in [7, 11) is 0. The molecule has 0 aliphatic heterocycles. The van der Waals surface area contributed by atoms with Crippen molar-refractivity contribution >= 4 is 28.5 Å². The van der Waals surface area contributed by atoms with E-state index in [9.17, 15) is 4.79 Å². The minimum Gasteiger partial charge on any atom is -0.484 e. The van der Waals surface area contributed by atoms with E-state index in [-0.39, 0.29) is 12.5 Å². The maximum Gasteiger partial charge on any atom is 0.257 e. The summed E-state index contributed by atoms with van der Waals surface area (Å²) in [5, 5.41) is 2.83. The highest BCUT2D eigenvalue weighted by atomic mass is 127. The molecule has 3 nitrogen and oxygen atoms in total. The van der Waals surface area contributed by atoms with Gasteiger partial charge in [0.05, 0.1) is 0 Å². The maximum absolute atomic E-state index is 11.4. The van der Waals surface area contributed by atoms with Crippen LogP contribution in [0.15, 0.2) is 24.3 Å². The van der Waals surface area contributed by atoms with Crippen LogP contribution in [-0.2, 0) is 4.79 Å². The Morgan fingerprint density at radius 3 is 2.65 bits per heavy atom. The number of hydrogen-bond donors (Lipinski definition) is 1. The Morgan fingerprint density at radius 1 is 1.29 bits per heavy atom. The van der Waals surface area contributed by atoms with E-state index in [2.05, 4.69) is 34.8 Å². The van der Waals surface area contributed by atoms with Gasteiger partial charge in [-0.25, -0.2) is 0 Å². The molecule has 0 saturated carbocycles. The predicted octanol–water partition coefficient (Wildman–Crippen LogP) is 2.98. The molecule has 0 saturated heterocycles. The number of carbonyl (C=O) groups excluding carboxylic acids is 1. The number of benzene rings is 1. The molecule has 0 aliphatic rings. The Morgan fingerprint density at radius 2 is 2.00 bits per heavy atom. The third-order valence-corrected chi connectivity index (χ3v) is 3.01. The SMILES string of the molecule is CCCCCNC(=O)COc1ccc(I)cc1. The van der Waals surface area contributed by atoms with Crippen molar-refractivity contribution in [3.63, 3.8) is 0 Å². The first-order valence-corrected chi connectivity index (χ1v) is 6.95. The fraction of sp³-hybridized carbons (Fsp3) is 0.462. The number of hydrogen-bond acceptors (Lipinski definition) is 2. The lowest BCUT2D eigenvalue weighted by Gasteiger charge is -2.07. The molecule has 94 valence electrons. The fourth-order valence-corrected chi connectivity index (χ4v) is 1.69. The maximum atomic E-state index is 11.4. The van der Waals surface area contributed by atoms with Gasteiger partial charge in [0, 0.05) is 10.1 Å². The second-order valence-corrected chi connectivity index (χ2v) is 5.05. The Bertz CT molecular complexity index is 338. The lowest BCUT2D eigenvalue weighted by molar-refractivity contribution is -0.123. The molecular weight excluding hydrogens is 329 g/mol. The largest absolute Gasteiger partial charge is 0.484 e. The smallest absolute Gasteiger partial charge is 0.257 e. The molecule has 1 N–H and O–H groups in total. The van der Waals surface area contributed by atoms with Gasteiger partial charge in [0.2, 0.25) is 0 Å². The van der Waals surface area contributed by atoms with Crippen molar-refractivity contribution in [1.29, 1.82) is 0 Å². The molecule has 0 unspecified atom stereocenters. The van der Waals surface area contributed by atoms with Gasteiger partial charge in [-0.05, 0) is 53.3 Å². The summed E-state index contributed by atoms with van der Waals surface area (Å²) in [6.07, 6.45) is 3.35. The van der Waals surface area contributed by atoms with Crippen LogP contribution in [0.25, 0.3) is 0 Å². The monoisotopic (exact) mass is 347 g/mol. The number of unbranched alkanes of at least 4 members (excludes halogenated alkanes) is 2. The van der Waals surface area contributed by atoms with E-state index in [1.54, 1.807) is 0 Å². The Kier molecular flexibility index (Phi) is 7.00. The first-order valence-electron chi connectivity index (χ1n) is 5.87. The molecule has 17 heavy (non-hydrogen) atoms. The molecular formula is C13H18INO2. The Hall–Kier alpha value is -0.780. The van der Waals surface area contributed by atoms with Crippen LogP contribution >= 0.6 is 22.6 Å². The van der Waals surface area contributed by atoms with Gasteiger partial charge in [-0.2, -0.15) is 0 Å². The molecule has 0 aliphatic carbocycles. The number of amides is 1. The lowest BCUT2D eigenvalue weighted by atomic mass is 10.2. The number of ether oxygens (including phenoxy) is 1. The van der Waals surface area contributed by atoms with Crippen molar-refractivity contribution in [1.82, 2.24) is 5.32 Å². The molecule has 1 aromatic rings. The molecule has 1 aromatic carbocycles. The van der Waals surface area contributed by atoms with Crippen LogP contribution in [0.4, 0.5) is 0 Å². The first-order chi connectivity index (χ1) is 8.22. The van der Waals surface area contributed by atoms with Crippen LogP contribution in [0.1, 0.15) is 26.2 Å². The van der Waals surface area contributed by atoms with Crippen molar-refractivity contribution in [2.24, 2.45) is 0 Å². The molecule has 1 rings (SSSR count). The number of halogens is 1. The molecule has 0 radical (unpaired) electrons. The van der Waals surface area contributed by atoms with E-state index < -0.39 is 0 Å². The van der Waals surface area contributed by atoms with Crippen molar-refractivity contribution in [3.05, 3.63) is 27.8 Å². The van der Waals surface area contributed by atoms with Crippen molar-refractivity contribution < 1.29 is 9.53 Å². The molecule has 0 fully saturated rings. The molecule has 0 spiro atoms. The minimum absolute atomic E-state index is 0.0559. The zero-order valence-electron chi connectivity index (χ0n) is 10.0. The minimum atomic E-state index is -0.0559. The summed E-state index contributed by atoms with van der Waals surface area (Å²) < 4.78 is 6.52. The molecule has 0 bridgehead atoms. The summed E-state index contributed by atoms with van der Waals surface area (Å²) in [6, 6.07) is 7.64. The fourth-order valence-electron chi connectivity index (χ4n) is 1.33. The van der Waals surface area contributed by atoms with Gasteiger partial charge in [-0.15, -0.1) is 0 Å². The van der Waals surface area contributed by atoms with Crippen LogP contribution in [-0.4, -0.2) is 19.1 Å². The van der Waals surface area contributed by atoms with Crippen LogP contribution in [0, 0.1) is 3.57 Å². The van der Waals surface area contributed by atoms with Gasteiger partial charge in [0.25, 0.3) is 5.91 Å². The highest BCUT2D eigenvalue weighted by Crippen LogP contribution is 2.13. The molecule has 0 aromatic heterocycles. The van der Waals surface area contributed by atoms with E-state index in [1.807, 2.05) is 24.3 Å². The van der Waals surface area contributed by atoms with Gasteiger partial charge >= 0.3 is 0 Å². The quantitative estimate of drug-likeness (QED) is 0.608. The van der Waals surface area contributed by atoms with Gasteiger partial charge in [0.1, 0.15) is 5.75 Å². The normalized spacial score (nSPS) is 10.0. The van der Waals surface area contributed by atoms with Crippen molar-refractivity contribution in [2.75, 3.05) is 13.2 Å². The highest BCUT2D eigenvalue weighted by molar-refractivity contribution is 14.1. The van der Waals surface area contributed by atoms with Crippen LogP contribution in [0.5, 0.6) is 5.75 Å². The predicted molar refractivity (Wildman–Crippen MR) is 77.2 cm³/mol. The lowest BCUT2D eigenvalue weighted by Crippen LogP contribution is -2.29. The molecule has 4 heteroatoms. The highest BCUT2D eigenvalue weighted by Gasteiger charge is 2.01. The van der Waals surface area contributed by atoms with E-state index >= 15 is 0 Å². The zero-order chi connectivity index (χ0) is 12.5. The molecule has 0 heterocycles. The summed E-state index contributed by atoms with van der Waals surface area (Å²) in [5.74, 6) is 0.675. The van der Waals surface area contributed by atoms with Crippen LogP contribution < -0.4 is 10.1 Å². The van der Waals surface area contributed by atoms with E-state index in [1.165, 1.54) is 0 Å². The third kappa shape index (κ3) is 6.51. The zero-order valence-corrected chi connectivity index (χ0v) is 12.2. The van der Waals surface area contributed by atoms with Gasteiger partial charge in [-0.3, -0.25) is 4.79 Å². The summed E-state index contributed by atoms with van der Waals surface area (Å²) in [5.41, 5.74) is 0. The number of nitrogens with one attached hydrogen (secondary N) is 1. The topological polar surface area (TPSA) is 38.3 Å². The summed E-state index contributed by atoms with van der Waals surface area (Å²) >= 11 is 2.23. The van der Waals surface area contributed by atoms with Crippen LogP contribution in [0.2, 0.25) is 0 Å².